The van der Waals surface area contributed by atoms with Crippen LogP contribution >= 0.6 is 0 Å². The molecule has 1 aliphatic carbocycles. The van der Waals surface area contributed by atoms with E-state index in [9.17, 15) is 17.2 Å². The summed E-state index contributed by atoms with van der Waals surface area (Å²) in [6.45, 7) is 0.766. The quantitative estimate of drug-likeness (QED) is 0.755. The average Bonchev–Trinajstić information content (AvgIpc) is 2.53. The van der Waals surface area contributed by atoms with Crippen LogP contribution in [0.4, 0.5) is 14.5 Å². The van der Waals surface area contributed by atoms with Crippen LogP contribution in [0.5, 0.6) is 0 Å². The molecule has 124 valence electrons. The lowest BCUT2D eigenvalue weighted by molar-refractivity contribution is 0.0567. The monoisotopic (exact) mass is 332 g/mol. The molecule has 2 N–H and O–H groups in total. The molecule has 7 heteroatoms. The number of rotatable bonds is 7. The minimum atomic E-state index is -3.42. The predicted octanol–water partition coefficient (Wildman–Crippen LogP) is 2.84. The van der Waals surface area contributed by atoms with Crippen molar-refractivity contribution in [3.05, 3.63) is 30.3 Å². The molecule has 1 aliphatic rings. The van der Waals surface area contributed by atoms with E-state index < -0.39 is 27.6 Å². The summed E-state index contributed by atoms with van der Waals surface area (Å²) in [5, 5.41) is 2.57. The topological polar surface area (TPSA) is 58.2 Å². The summed E-state index contributed by atoms with van der Waals surface area (Å²) in [6.07, 6.45) is -1.14. The second-order valence-corrected chi connectivity index (χ2v) is 7.65. The molecule has 2 rings (SSSR count). The first-order chi connectivity index (χ1) is 10.5. The van der Waals surface area contributed by atoms with Gasteiger partial charge in [-0.05, 0) is 37.8 Å². The molecular formula is C15H22F2N2O2S. The van der Waals surface area contributed by atoms with Gasteiger partial charge in [0, 0.05) is 24.7 Å². The minimum absolute atomic E-state index is 0.283. The molecule has 1 aromatic carbocycles. The smallest absolute Gasteiger partial charge is 0.241 e. The maximum Gasteiger partial charge on any atom is 0.241 e. The Hall–Kier alpha value is -1.21. The molecule has 0 heterocycles. The zero-order chi connectivity index (χ0) is 16.0. The van der Waals surface area contributed by atoms with Gasteiger partial charge in [-0.1, -0.05) is 18.2 Å². The number of halogens is 2. The average molecular weight is 332 g/mol. The number of hydrogen-bond acceptors (Lipinski definition) is 3. The lowest BCUT2D eigenvalue weighted by atomic mass is 9.89. The fourth-order valence-corrected chi connectivity index (χ4v) is 4.24. The Balaban J connectivity index is 1.73. The van der Waals surface area contributed by atoms with Crippen LogP contribution < -0.4 is 10.0 Å². The van der Waals surface area contributed by atoms with E-state index in [2.05, 4.69) is 10.0 Å². The Bertz CT molecular complexity index is 544. The van der Waals surface area contributed by atoms with Crippen molar-refractivity contribution in [2.24, 2.45) is 5.92 Å². The Labute approximate surface area is 130 Å². The highest BCUT2D eigenvalue weighted by Gasteiger charge is 2.33. The third-order valence-electron chi connectivity index (χ3n) is 4.05. The van der Waals surface area contributed by atoms with E-state index in [0.29, 0.717) is 19.4 Å². The molecule has 0 atom stereocenters. The minimum Gasteiger partial charge on any atom is -0.384 e. The van der Waals surface area contributed by atoms with E-state index in [1.807, 2.05) is 30.3 Å². The highest BCUT2D eigenvalue weighted by atomic mass is 32.2. The van der Waals surface area contributed by atoms with Gasteiger partial charge in [-0.2, -0.15) is 0 Å². The lowest BCUT2D eigenvalue weighted by Gasteiger charge is -2.27. The second-order valence-electron chi connectivity index (χ2n) is 5.60. The van der Waals surface area contributed by atoms with Gasteiger partial charge in [0.25, 0.3) is 0 Å². The van der Waals surface area contributed by atoms with Crippen LogP contribution in [0.25, 0.3) is 0 Å². The van der Waals surface area contributed by atoms with E-state index in [4.69, 9.17) is 0 Å². The van der Waals surface area contributed by atoms with Crippen molar-refractivity contribution >= 4 is 15.7 Å². The number of hydrogen-bond donors (Lipinski definition) is 2. The first kappa shape index (κ1) is 17.1. The normalized spacial score (nSPS) is 22.7. The van der Waals surface area contributed by atoms with Gasteiger partial charge in [0.1, 0.15) is 0 Å². The maximum atomic E-state index is 12.6. The van der Waals surface area contributed by atoms with Crippen LogP contribution in [0.2, 0.25) is 0 Å². The second kappa shape index (κ2) is 7.87. The Kier molecular flexibility index (Phi) is 6.14. The first-order valence-electron chi connectivity index (χ1n) is 7.54. The summed E-state index contributed by atoms with van der Waals surface area (Å²) in [7, 11) is -3.42. The molecule has 1 aromatic rings. The number of sulfonamides is 1. The Morgan fingerprint density at radius 1 is 1.05 bits per heavy atom. The molecule has 22 heavy (non-hydrogen) atoms. The van der Waals surface area contributed by atoms with Gasteiger partial charge in [-0.3, -0.25) is 0 Å². The van der Waals surface area contributed by atoms with E-state index in [1.165, 1.54) is 0 Å². The number of alkyl halides is 2. The zero-order valence-electron chi connectivity index (χ0n) is 12.3. The van der Waals surface area contributed by atoms with Gasteiger partial charge < -0.3 is 5.32 Å². The Morgan fingerprint density at radius 2 is 1.68 bits per heavy atom. The van der Waals surface area contributed by atoms with Crippen LogP contribution in [0.3, 0.4) is 0 Å². The Morgan fingerprint density at radius 3 is 2.27 bits per heavy atom. The van der Waals surface area contributed by atoms with Crippen LogP contribution in [-0.2, 0) is 10.0 Å². The fourth-order valence-electron chi connectivity index (χ4n) is 2.72. The molecule has 0 aliphatic heterocycles. The highest BCUT2D eigenvalue weighted by molar-refractivity contribution is 7.90. The summed E-state index contributed by atoms with van der Waals surface area (Å²) in [5.41, 5.74) is 0.930. The predicted molar refractivity (Wildman–Crippen MR) is 83.6 cm³/mol. The molecule has 0 aromatic heterocycles. The number of nitrogens with one attached hydrogen (secondary N) is 2. The van der Waals surface area contributed by atoms with E-state index in [1.54, 1.807) is 0 Å². The SMILES string of the molecule is O=S(=O)(NCCNc1ccccc1)C1CCC(C(F)F)CC1. The molecular weight excluding hydrogens is 310 g/mol. The molecule has 4 nitrogen and oxygen atoms in total. The van der Waals surface area contributed by atoms with E-state index in [-0.39, 0.29) is 19.4 Å². The third kappa shape index (κ3) is 4.91. The molecule has 1 fully saturated rings. The van der Waals surface area contributed by atoms with Gasteiger partial charge in [0.05, 0.1) is 5.25 Å². The van der Waals surface area contributed by atoms with Crippen molar-refractivity contribution < 1.29 is 17.2 Å². The van der Waals surface area contributed by atoms with Crippen molar-refractivity contribution in [2.45, 2.75) is 37.4 Å². The summed E-state index contributed by atoms with van der Waals surface area (Å²) in [4.78, 5) is 0. The molecule has 0 bridgehead atoms. The van der Waals surface area contributed by atoms with Crippen molar-refractivity contribution in [3.63, 3.8) is 0 Å². The summed E-state index contributed by atoms with van der Waals surface area (Å²) in [6, 6.07) is 9.51. The van der Waals surface area contributed by atoms with Gasteiger partial charge in [-0.25, -0.2) is 21.9 Å². The molecule has 0 saturated heterocycles. The molecule has 0 radical (unpaired) electrons. The van der Waals surface area contributed by atoms with Gasteiger partial charge in [0.2, 0.25) is 16.4 Å². The molecule has 0 unspecified atom stereocenters. The van der Waals surface area contributed by atoms with Gasteiger partial charge in [0.15, 0.2) is 0 Å². The van der Waals surface area contributed by atoms with Crippen molar-refractivity contribution in [2.75, 3.05) is 18.4 Å². The number of para-hydroxylation sites is 1. The largest absolute Gasteiger partial charge is 0.384 e. The van der Waals surface area contributed by atoms with Gasteiger partial charge >= 0.3 is 0 Å². The van der Waals surface area contributed by atoms with Crippen molar-refractivity contribution in [3.8, 4) is 0 Å². The van der Waals surface area contributed by atoms with Crippen LogP contribution in [0.1, 0.15) is 25.7 Å². The van der Waals surface area contributed by atoms with E-state index in [0.717, 1.165) is 5.69 Å². The lowest BCUT2D eigenvalue weighted by Crippen LogP contribution is -2.39. The highest BCUT2D eigenvalue weighted by Crippen LogP contribution is 2.31. The number of anilines is 1. The van der Waals surface area contributed by atoms with Gasteiger partial charge in [-0.15, -0.1) is 0 Å². The number of benzene rings is 1. The summed E-state index contributed by atoms with van der Waals surface area (Å²) < 4.78 is 52.0. The van der Waals surface area contributed by atoms with E-state index >= 15 is 0 Å². The fraction of sp³-hybridized carbons (Fsp3) is 0.600. The van der Waals surface area contributed by atoms with Crippen molar-refractivity contribution in [1.82, 2.24) is 4.72 Å². The molecule has 0 amide bonds. The van der Waals surface area contributed by atoms with Crippen LogP contribution in [0, 0.1) is 5.92 Å². The van der Waals surface area contributed by atoms with Crippen LogP contribution in [0.15, 0.2) is 30.3 Å². The van der Waals surface area contributed by atoms with Crippen molar-refractivity contribution in [1.29, 1.82) is 0 Å². The molecule has 0 spiro atoms. The zero-order valence-corrected chi connectivity index (χ0v) is 13.2. The first-order valence-corrected chi connectivity index (χ1v) is 9.09. The third-order valence-corrected chi connectivity index (χ3v) is 6.00. The summed E-state index contributed by atoms with van der Waals surface area (Å²) in [5.74, 6) is -0.647. The standard InChI is InChI=1S/C15H22F2N2O2S/c16-15(17)12-6-8-14(9-7-12)22(20,21)19-11-10-18-13-4-2-1-3-5-13/h1-5,12,14-15,18-19H,6-11H2. The van der Waals surface area contributed by atoms with Crippen LogP contribution in [-0.4, -0.2) is 33.2 Å². The molecule has 1 saturated carbocycles. The summed E-state index contributed by atoms with van der Waals surface area (Å²) >= 11 is 0. The maximum absolute atomic E-state index is 12.6.